The number of aliphatic hydroxyl groups excluding tert-OH is 3. The van der Waals surface area contributed by atoms with Gasteiger partial charge in [0.1, 0.15) is 24.4 Å². The van der Waals surface area contributed by atoms with Crippen molar-refractivity contribution < 1.29 is 24.8 Å². The molecule has 1 rings (SSSR count). The van der Waals surface area contributed by atoms with Crippen LogP contribution in [0.15, 0.2) is 12.2 Å². The Labute approximate surface area is 140 Å². The number of rotatable bonds is 12. The molecule has 0 unspecified atom stereocenters. The molecule has 4 atom stereocenters. The zero-order chi connectivity index (χ0) is 16.9. The molecule has 0 amide bonds. The monoisotopic (exact) mass is 330 g/mol. The molecule has 136 valence electrons. The lowest BCUT2D eigenvalue weighted by atomic mass is 10.0. The van der Waals surface area contributed by atoms with Crippen LogP contribution in [0.1, 0.15) is 58.3 Å². The maximum Gasteiger partial charge on any atom is 0.111 e. The third-order valence-corrected chi connectivity index (χ3v) is 4.27. The summed E-state index contributed by atoms with van der Waals surface area (Å²) in [6.07, 6.45) is 10.6. The van der Waals surface area contributed by atoms with Crippen LogP contribution in [0, 0.1) is 0 Å². The smallest absolute Gasteiger partial charge is 0.111 e. The van der Waals surface area contributed by atoms with Gasteiger partial charge < -0.3 is 24.8 Å². The van der Waals surface area contributed by atoms with E-state index in [0.717, 1.165) is 19.3 Å². The summed E-state index contributed by atoms with van der Waals surface area (Å²) in [5.74, 6) is 0. The van der Waals surface area contributed by atoms with E-state index in [1.165, 1.54) is 32.1 Å². The zero-order valence-electron chi connectivity index (χ0n) is 14.4. The van der Waals surface area contributed by atoms with Gasteiger partial charge in [0.2, 0.25) is 0 Å². The molecule has 1 heterocycles. The highest BCUT2D eigenvalue weighted by Gasteiger charge is 2.38. The van der Waals surface area contributed by atoms with Crippen LogP contribution in [0.5, 0.6) is 0 Å². The maximum atomic E-state index is 9.93. The highest BCUT2D eigenvalue weighted by Crippen LogP contribution is 2.18. The Balaban J connectivity index is 1.96. The van der Waals surface area contributed by atoms with Crippen LogP contribution in [0.3, 0.4) is 0 Å². The molecule has 0 aromatic heterocycles. The summed E-state index contributed by atoms with van der Waals surface area (Å²) in [5.41, 5.74) is 0. The first kappa shape index (κ1) is 20.6. The number of allylic oxidation sites excluding steroid dienone is 2. The summed E-state index contributed by atoms with van der Waals surface area (Å²) in [6.45, 7) is 2.65. The van der Waals surface area contributed by atoms with Gasteiger partial charge in [-0.2, -0.15) is 0 Å². The van der Waals surface area contributed by atoms with Gasteiger partial charge in [-0.3, -0.25) is 0 Å². The van der Waals surface area contributed by atoms with Crippen LogP contribution in [-0.2, 0) is 9.47 Å². The summed E-state index contributed by atoms with van der Waals surface area (Å²) in [5, 5.41) is 28.7. The van der Waals surface area contributed by atoms with Crippen molar-refractivity contribution in [3.05, 3.63) is 12.2 Å². The SMILES string of the molecule is CC/C=C/CCCCCCCCO[C@@H]1CO[C@@H](CO)[C@H](O)[C@H]1O. The minimum atomic E-state index is -1.08. The standard InChI is InChI=1S/C18H34O5/c1-2-3-4-5-6-7-8-9-10-11-12-22-16-14-23-15(13-19)17(20)18(16)21/h3-4,15-21H,2,5-14H2,1H3/b4-3+/t15-,16+,17-,18-/m0/s1. The van der Waals surface area contributed by atoms with E-state index < -0.39 is 24.4 Å². The van der Waals surface area contributed by atoms with E-state index in [4.69, 9.17) is 14.6 Å². The Morgan fingerprint density at radius 3 is 2.39 bits per heavy atom. The fourth-order valence-electron chi connectivity index (χ4n) is 2.75. The van der Waals surface area contributed by atoms with Crippen molar-refractivity contribution in [2.24, 2.45) is 0 Å². The molecular formula is C18H34O5. The first-order chi connectivity index (χ1) is 11.2. The third kappa shape index (κ3) is 8.27. The molecule has 0 saturated carbocycles. The van der Waals surface area contributed by atoms with E-state index in [2.05, 4.69) is 19.1 Å². The van der Waals surface area contributed by atoms with Gasteiger partial charge in [-0.1, -0.05) is 44.8 Å². The van der Waals surface area contributed by atoms with Crippen LogP contribution in [-0.4, -0.2) is 59.6 Å². The van der Waals surface area contributed by atoms with Crippen molar-refractivity contribution in [3.8, 4) is 0 Å². The lowest BCUT2D eigenvalue weighted by Crippen LogP contribution is -2.55. The van der Waals surface area contributed by atoms with Gasteiger partial charge in [-0.25, -0.2) is 0 Å². The second-order valence-electron chi connectivity index (χ2n) is 6.23. The number of unbranched alkanes of at least 4 members (excludes halogenated alkanes) is 6. The molecule has 1 aliphatic rings. The van der Waals surface area contributed by atoms with Crippen molar-refractivity contribution in [3.63, 3.8) is 0 Å². The summed E-state index contributed by atoms with van der Waals surface area (Å²) in [4.78, 5) is 0. The number of hydrogen-bond donors (Lipinski definition) is 3. The predicted octanol–water partition coefficient (Wildman–Crippen LogP) is 2.18. The molecule has 23 heavy (non-hydrogen) atoms. The lowest BCUT2D eigenvalue weighted by molar-refractivity contribution is -0.208. The molecule has 5 nitrogen and oxygen atoms in total. The van der Waals surface area contributed by atoms with Gasteiger partial charge in [0.25, 0.3) is 0 Å². The van der Waals surface area contributed by atoms with Gasteiger partial charge in [0, 0.05) is 6.61 Å². The average Bonchev–Trinajstić information content (AvgIpc) is 2.56. The van der Waals surface area contributed by atoms with E-state index in [0.29, 0.717) is 6.61 Å². The van der Waals surface area contributed by atoms with Gasteiger partial charge in [-0.05, 0) is 25.7 Å². The van der Waals surface area contributed by atoms with Gasteiger partial charge >= 0.3 is 0 Å². The van der Waals surface area contributed by atoms with Crippen LogP contribution >= 0.6 is 0 Å². The van der Waals surface area contributed by atoms with E-state index in [9.17, 15) is 10.2 Å². The molecule has 0 aromatic carbocycles. The Morgan fingerprint density at radius 2 is 1.70 bits per heavy atom. The Bertz CT molecular complexity index is 308. The molecule has 3 N–H and O–H groups in total. The molecule has 0 aromatic rings. The second kappa shape index (κ2) is 12.9. The van der Waals surface area contributed by atoms with Crippen molar-refractivity contribution in [2.45, 2.75) is 82.7 Å². The molecule has 5 heteroatoms. The van der Waals surface area contributed by atoms with Crippen molar-refractivity contribution in [1.29, 1.82) is 0 Å². The summed E-state index contributed by atoms with van der Waals surface area (Å²) < 4.78 is 10.9. The average molecular weight is 330 g/mol. The number of aliphatic hydroxyl groups is 3. The predicted molar refractivity (Wildman–Crippen MR) is 90.3 cm³/mol. The maximum absolute atomic E-state index is 9.93. The fourth-order valence-corrected chi connectivity index (χ4v) is 2.75. The first-order valence-corrected chi connectivity index (χ1v) is 9.05. The van der Waals surface area contributed by atoms with Crippen LogP contribution in [0.2, 0.25) is 0 Å². The van der Waals surface area contributed by atoms with Crippen molar-refractivity contribution in [2.75, 3.05) is 19.8 Å². The van der Waals surface area contributed by atoms with Crippen LogP contribution in [0.4, 0.5) is 0 Å². The first-order valence-electron chi connectivity index (χ1n) is 9.05. The van der Waals surface area contributed by atoms with E-state index in [-0.39, 0.29) is 13.2 Å². The molecule has 1 fully saturated rings. The zero-order valence-corrected chi connectivity index (χ0v) is 14.4. The van der Waals surface area contributed by atoms with Crippen LogP contribution in [0.25, 0.3) is 0 Å². The molecule has 0 bridgehead atoms. The summed E-state index contributed by atoms with van der Waals surface area (Å²) in [6, 6.07) is 0. The quantitative estimate of drug-likeness (QED) is 0.377. The van der Waals surface area contributed by atoms with Crippen LogP contribution < -0.4 is 0 Å². The van der Waals surface area contributed by atoms with Crippen molar-refractivity contribution >= 4 is 0 Å². The van der Waals surface area contributed by atoms with E-state index in [1.807, 2.05) is 0 Å². The van der Waals surface area contributed by atoms with E-state index >= 15 is 0 Å². The minimum absolute atomic E-state index is 0.217. The second-order valence-corrected chi connectivity index (χ2v) is 6.23. The fraction of sp³-hybridized carbons (Fsp3) is 0.889. The topological polar surface area (TPSA) is 79.2 Å². The van der Waals surface area contributed by atoms with Gasteiger partial charge in [0.15, 0.2) is 0 Å². The minimum Gasteiger partial charge on any atom is -0.394 e. The molecular weight excluding hydrogens is 296 g/mol. The summed E-state index contributed by atoms with van der Waals surface area (Å²) in [7, 11) is 0. The Hall–Kier alpha value is -0.460. The number of hydrogen-bond acceptors (Lipinski definition) is 5. The molecule has 0 radical (unpaired) electrons. The highest BCUT2D eigenvalue weighted by molar-refractivity contribution is 4.87. The Kier molecular flexibility index (Phi) is 11.5. The normalized spacial score (nSPS) is 28.5. The molecule has 1 aliphatic heterocycles. The Morgan fingerprint density at radius 1 is 1.00 bits per heavy atom. The largest absolute Gasteiger partial charge is 0.394 e. The third-order valence-electron chi connectivity index (χ3n) is 4.27. The molecule has 1 saturated heterocycles. The molecule has 0 spiro atoms. The van der Waals surface area contributed by atoms with Gasteiger partial charge in [-0.15, -0.1) is 0 Å². The van der Waals surface area contributed by atoms with Gasteiger partial charge in [0.05, 0.1) is 13.2 Å². The number of ether oxygens (including phenoxy) is 2. The summed E-state index contributed by atoms with van der Waals surface area (Å²) >= 11 is 0. The lowest BCUT2D eigenvalue weighted by Gasteiger charge is -2.36. The molecule has 0 aliphatic carbocycles. The van der Waals surface area contributed by atoms with E-state index in [1.54, 1.807) is 0 Å². The highest BCUT2D eigenvalue weighted by atomic mass is 16.6. The van der Waals surface area contributed by atoms with Crippen molar-refractivity contribution in [1.82, 2.24) is 0 Å².